The van der Waals surface area contributed by atoms with E-state index in [-0.39, 0.29) is 6.04 Å². The van der Waals surface area contributed by atoms with Crippen molar-refractivity contribution in [3.05, 3.63) is 35.5 Å². The van der Waals surface area contributed by atoms with E-state index in [4.69, 9.17) is 10.2 Å². The number of hydrogen-bond donors (Lipinski definition) is 1. The smallest absolute Gasteiger partial charge is 0.249 e. The molecule has 92 valence electrons. The first-order chi connectivity index (χ1) is 8.79. The largest absolute Gasteiger partial charge is 0.419 e. The summed E-state index contributed by atoms with van der Waals surface area (Å²) in [6.07, 6.45) is 0.784. The molecule has 1 atom stereocenters. The van der Waals surface area contributed by atoms with E-state index < -0.39 is 0 Å². The molecule has 0 bridgehead atoms. The average Bonchev–Trinajstić information content (AvgIpc) is 3.03. The third-order valence-electron chi connectivity index (χ3n) is 2.91. The molecule has 0 fully saturated rings. The van der Waals surface area contributed by atoms with E-state index in [0.717, 1.165) is 17.4 Å². The fourth-order valence-electron chi connectivity index (χ4n) is 1.81. The molecule has 2 aromatic heterocycles. The molecule has 0 amide bonds. The molecule has 5 heteroatoms. The predicted molar refractivity (Wildman–Crippen MR) is 72.3 cm³/mol. The Morgan fingerprint density at radius 1 is 1.33 bits per heavy atom. The first-order valence-corrected chi connectivity index (χ1v) is 6.73. The molecule has 4 nitrogen and oxygen atoms in total. The molecular weight excluding hydrogens is 246 g/mol. The second-order valence-corrected chi connectivity index (χ2v) is 5.02. The standard InChI is InChI=1S/C13H13N3OS/c1-2-10(14)13-16-15-12(17-13)9-7-18-11-6-4-3-5-8(9)11/h3-7,10H,2,14H2,1H3. The van der Waals surface area contributed by atoms with Gasteiger partial charge in [0.1, 0.15) is 0 Å². The predicted octanol–water partition coefficient (Wildman–Crippen LogP) is 3.36. The Balaban J connectivity index is 2.07. The van der Waals surface area contributed by atoms with Crippen LogP contribution in [0.15, 0.2) is 34.1 Å². The van der Waals surface area contributed by atoms with Crippen molar-refractivity contribution < 1.29 is 4.42 Å². The molecule has 0 aliphatic heterocycles. The zero-order valence-corrected chi connectivity index (χ0v) is 10.8. The second kappa shape index (κ2) is 4.51. The van der Waals surface area contributed by atoms with Crippen LogP contribution < -0.4 is 5.73 Å². The molecule has 2 N–H and O–H groups in total. The molecule has 0 saturated carbocycles. The van der Waals surface area contributed by atoms with E-state index in [1.165, 1.54) is 4.70 Å². The van der Waals surface area contributed by atoms with Crippen LogP contribution in [0, 0.1) is 0 Å². The van der Waals surface area contributed by atoms with Gasteiger partial charge in [-0.15, -0.1) is 21.5 Å². The normalized spacial score (nSPS) is 13.0. The number of rotatable bonds is 3. The summed E-state index contributed by atoms with van der Waals surface area (Å²) in [5.41, 5.74) is 6.86. The summed E-state index contributed by atoms with van der Waals surface area (Å²) in [5.74, 6) is 1.05. The Bertz CT molecular complexity index is 673. The van der Waals surface area contributed by atoms with E-state index in [2.05, 4.69) is 22.3 Å². The maximum absolute atomic E-state index is 5.88. The van der Waals surface area contributed by atoms with Crippen molar-refractivity contribution in [1.82, 2.24) is 10.2 Å². The van der Waals surface area contributed by atoms with Crippen LogP contribution in [0.25, 0.3) is 21.5 Å². The average molecular weight is 259 g/mol. The van der Waals surface area contributed by atoms with E-state index in [1.54, 1.807) is 11.3 Å². The summed E-state index contributed by atoms with van der Waals surface area (Å²) in [6.45, 7) is 1.99. The van der Waals surface area contributed by atoms with Crippen molar-refractivity contribution in [2.24, 2.45) is 5.73 Å². The highest BCUT2D eigenvalue weighted by Gasteiger charge is 2.16. The number of nitrogens with zero attached hydrogens (tertiary/aromatic N) is 2. The van der Waals surface area contributed by atoms with Crippen LogP contribution in [0.2, 0.25) is 0 Å². The third kappa shape index (κ3) is 1.81. The van der Waals surface area contributed by atoms with Crippen molar-refractivity contribution in [1.29, 1.82) is 0 Å². The highest BCUT2D eigenvalue weighted by atomic mass is 32.1. The zero-order valence-electron chi connectivity index (χ0n) is 9.96. The van der Waals surface area contributed by atoms with Gasteiger partial charge in [-0.25, -0.2) is 0 Å². The van der Waals surface area contributed by atoms with Crippen LogP contribution in [0.5, 0.6) is 0 Å². The van der Waals surface area contributed by atoms with Gasteiger partial charge in [0.25, 0.3) is 0 Å². The fraction of sp³-hybridized carbons (Fsp3) is 0.231. The summed E-state index contributed by atoms with van der Waals surface area (Å²) in [5, 5.41) is 11.3. The molecule has 18 heavy (non-hydrogen) atoms. The van der Waals surface area contributed by atoms with Gasteiger partial charge >= 0.3 is 0 Å². The summed E-state index contributed by atoms with van der Waals surface area (Å²) in [4.78, 5) is 0. The van der Waals surface area contributed by atoms with Crippen LogP contribution in [-0.2, 0) is 0 Å². The number of benzene rings is 1. The van der Waals surface area contributed by atoms with Crippen LogP contribution in [-0.4, -0.2) is 10.2 Å². The van der Waals surface area contributed by atoms with Gasteiger partial charge in [-0.1, -0.05) is 25.1 Å². The van der Waals surface area contributed by atoms with Gasteiger partial charge < -0.3 is 10.2 Å². The quantitative estimate of drug-likeness (QED) is 0.783. The lowest BCUT2D eigenvalue weighted by molar-refractivity contribution is 0.453. The Morgan fingerprint density at radius 3 is 3.00 bits per heavy atom. The van der Waals surface area contributed by atoms with Crippen LogP contribution >= 0.6 is 11.3 Å². The Labute approximate surface area is 108 Å². The molecule has 1 aromatic carbocycles. The molecule has 3 aromatic rings. The van der Waals surface area contributed by atoms with E-state index in [9.17, 15) is 0 Å². The number of fused-ring (bicyclic) bond motifs is 1. The van der Waals surface area contributed by atoms with Crippen molar-refractivity contribution in [3.8, 4) is 11.5 Å². The first-order valence-electron chi connectivity index (χ1n) is 5.85. The van der Waals surface area contributed by atoms with Crippen molar-refractivity contribution in [2.75, 3.05) is 0 Å². The Hall–Kier alpha value is -1.72. The molecule has 1 unspecified atom stereocenters. The highest BCUT2D eigenvalue weighted by molar-refractivity contribution is 7.17. The molecule has 0 aliphatic rings. The van der Waals surface area contributed by atoms with Crippen LogP contribution in [0.1, 0.15) is 25.3 Å². The van der Waals surface area contributed by atoms with Crippen molar-refractivity contribution in [2.45, 2.75) is 19.4 Å². The molecule has 0 aliphatic carbocycles. The minimum absolute atomic E-state index is 0.184. The Kier molecular flexibility index (Phi) is 2.85. The number of nitrogens with two attached hydrogens (primary N) is 1. The lowest BCUT2D eigenvalue weighted by Gasteiger charge is -2.00. The van der Waals surface area contributed by atoms with Gasteiger partial charge in [0.15, 0.2) is 0 Å². The maximum atomic E-state index is 5.88. The number of thiophene rings is 1. The van der Waals surface area contributed by atoms with E-state index in [1.807, 2.05) is 24.4 Å². The minimum Gasteiger partial charge on any atom is -0.419 e. The fourth-order valence-corrected chi connectivity index (χ4v) is 2.75. The molecule has 0 spiro atoms. The SMILES string of the molecule is CCC(N)c1nnc(-c2csc3ccccc23)o1. The van der Waals surface area contributed by atoms with E-state index >= 15 is 0 Å². The van der Waals surface area contributed by atoms with Gasteiger partial charge in [0, 0.05) is 15.5 Å². The maximum Gasteiger partial charge on any atom is 0.249 e. The monoisotopic (exact) mass is 259 g/mol. The van der Waals surface area contributed by atoms with Crippen molar-refractivity contribution in [3.63, 3.8) is 0 Å². The summed E-state index contributed by atoms with van der Waals surface area (Å²) >= 11 is 1.67. The lowest BCUT2D eigenvalue weighted by atomic mass is 10.2. The molecule has 0 saturated heterocycles. The lowest BCUT2D eigenvalue weighted by Crippen LogP contribution is -2.08. The van der Waals surface area contributed by atoms with Gasteiger partial charge in [0.05, 0.1) is 11.6 Å². The Morgan fingerprint density at radius 2 is 2.17 bits per heavy atom. The molecule has 0 radical (unpaired) electrons. The van der Waals surface area contributed by atoms with Crippen LogP contribution in [0.4, 0.5) is 0 Å². The zero-order chi connectivity index (χ0) is 12.5. The summed E-state index contributed by atoms with van der Waals surface area (Å²) in [7, 11) is 0. The van der Waals surface area contributed by atoms with E-state index in [0.29, 0.717) is 11.8 Å². The van der Waals surface area contributed by atoms with Crippen molar-refractivity contribution >= 4 is 21.4 Å². The van der Waals surface area contributed by atoms with Gasteiger partial charge in [0.2, 0.25) is 11.8 Å². The highest BCUT2D eigenvalue weighted by Crippen LogP contribution is 2.33. The molecular formula is C13H13N3OS. The summed E-state index contributed by atoms with van der Waals surface area (Å²) < 4.78 is 6.86. The number of aromatic nitrogens is 2. The van der Waals surface area contributed by atoms with Crippen LogP contribution in [0.3, 0.4) is 0 Å². The number of hydrogen-bond acceptors (Lipinski definition) is 5. The summed E-state index contributed by atoms with van der Waals surface area (Å²) in [6, 6.07) is 7.99. The topological polar surface area (TPSA) is 64.9 Å². The molecule has 3 rings (SSSR count). The third-order valence-corrected chi connectivity index (χ3v) is 3.87. The van der Waals surface area contributed by atoms with Gasteiger partial charge in [-0.3, -0.25) is 0 Å². The van der Waals surface area contributed by atoms with Gasteiger partial charge in [-0.05, 0) is 12.5 Å². The second-order valence-electron chi connectivity index (χ2n) is 4.11. The molecule has 2 heterocycles. The first kappa shape index (κ1) is 11.4. The minimum atomic E-state index is -0.184. The van der Waals surface area contributed by atoms with Gasteiger partial charge in [-0.2, -0.15) is 0 Å².